The van der Waals surface area contributed by atoms with Crippen molar-refractivity contribution in [3.8, 4) is 0 Å². The average Bonchev–Trinajstić information content (AvgIpc) is 2.91. The molecule has 7 nitrogen and oxygen atoms in total. The third-order valence-corrected chi connectivity index (χ3v) is 7.47. The lowest BCUT2D eigenvalue weighted by Crippen LogP contribution is -2.47. The molecule has 8 heteroatoms. The van der Waals surface area contributed by atoms with E-state index in [-0.39, 0.29) is 30.2 Å². The summed E-state index contributed by atoms with van der Waals surface area (Å²) in [6.07, 6.45) is 28.3. The average molecular weight is 588 g/mol. The Kier molecular flexibility index (Phi) is 32.5. The second kappa shape index (κ2) is 32.0. The summed E-state index contributed by atoms with van der Waals surface area (Å²) in [6, 6.07) is -0.525. The van der Waals surface area contributed by atoms with Crippen molar-refractivity contribution in [2.45, 2.75) is 174 Å². The number of hydrogen-bond acceptors (Lipinski definition) is 3. The molecule has 0 aliphatic carbocycles. The Morgan fingerprint density at radius 2 is 1.00 bits per heavy atom. The highest BCUT2D eigenvalue weighted by Crippen LogP contribution is 2.14. The minimum Gasteiger partial charge on any atom is -0.370 e. The van der Waals surface area contributed by atoms with Gasteiger partial charge in [0.1, 0.15) is 6.04 Å². The molecule has 0 radical (unpaired) electrons. The predicted octanol–water partition coefficient (Wildman–Crippen LogP) is 7.89. The smallest absolute Gasteiger partial charge is 0.242 e. The highest BCUT2D eigenvalue weighted by atomic mass is 35.5. The lowest BCUT2D eigenvalue weighted by Gasteiger charge is -2.19. The number of halogens is 1. The molecule has 0 saturated carbocycles. The zero-order valence-electron chi connectivity index (χ0n) is 26.3. The molecular weight excluding hydrogens is 522 g/mol. The fourth-order valence-corrected chi connectivity index (χ4v) is 4.96. The van der Waals surface area contributed by atoms with Crippen LogP contribution in [-0.2, 0) is 9.59 Å². The summed E-state index contributed by atoms with van der Waals surface area (Å²) in [5, 5.41) is 16.0. The van der Waals surface area contributed by atoms with Gasteiger partial charge in [0.25, 0.3) is 0 Å². The molecule has 0 aliphatic rings. The van der Waals surface area contributed by atoms with Gasteiger partial charge in [-0.05, 0) is 25.7 Å². The van der Waals surface area contributed by atoms with Crippen LogP contribution in [0.5, 0.6) is 0 Å². The van der Waals surface area contributed by atoms with Crippen LogP contribution in [0.1, 0.15) is 168 Å². The number of nitrogens with two attached hydrogens (primary N) is 1. The zero-order valence-corrected chi connectivity index (χ0v) is 27.1. The van der Waals surface area contributed by atoms with Crippen molar-refractivity contribution >= 4 is 30.2 Å². The maximum Gasteiger partial charge on any atom is 0.242 e. The number of hydrogen-bond donors (Lipinski definition) is 5. The van der Waals surface area contributed by atoms with Gasteiger partial charge in [0, 0.05) is 19.5 Å². The molecule has 0 bridgehead atoms. The van der Waals surface area contributed by atoms with E-state index in [1.807, 2.05) is 0 Å². The second-order valence-corrected chi connectivity index (χ2v) is 11.4. The van der Waals surface area contributed by atoms with E-state index in [0.717, 1.165) is 25.7 Å². The van der Waals surface area contributed by atoms with E-state index in [1.54, 1.807) is 0 Å². The Morgan fingerprint density at radius 1 is 0.600 bits per heavy atom. The van der Waals surface area contributed by atoms with E-state index in [4.69, 9.17) is 11.1 Å². The Bertz CT molecular complexity index is 592. The fourth-order valence-electron chi connectivity index (χ4n) is 4.96. The predicted molar refractivity (Wildman–Crippen MR) is 174 cm³/mol. The maximum atomic E-state index is 12.7. The first-order chi connectivity index (χ1) is 19.0. The molecule has 0 aromatic heterocycles. The minimum atomic E-state index is -0.525. The SMILES string of the molecule is CCCCCCCCCCCCCCCCCC(=O)NC(CCCNC(=N)N)C(=O)NCCCCCCCC.Cl. The Hall–Kier alpha value is -1.50. The quantitative estimate of drug-likeness (QED) is 0.0347. The normalized spacial score (nSPS) is 11.4. The summed E-state index contributed by atoms with van der Waals surface area (Å²) in [6.45, 7) is 5.65. The highest BCUT2D eigenvalue weighted by Gasteiger charge is 2.19. The van der Waals surface area contributed by atoms with Crippen LogP contribution in [0.2, 0.25) is 0 Å². The van der Waals surface area contributed by atoms with Crippen LogP contribution in [0.4, 0.5) is 0 Å². The summed E-state index contributed by atoms with van der Waals surface area (Å²) in [5.41, 5.74) is 5.35. The molecule has 1 atom stereocenters. The van der Waals surface area contributed by atoms with E-state index in [2.05, 4.69) is 29.8 Å². The van der Waals surface area contributed by atoms with Gasteiger partial charge < -0.3 is 21.7 Å². The zero-order chi connectivity index (χ0) is 28.8. The van der Waals surface area contributed by atoms with Crippen molar-refractivity contribution < 1.29 is 9.59 Å². The van der Waals surface area contributed by atoms with Gasteiger partial charge in [-0.2, -0.15) is 0 Å². The Balaban J connectivity index is 0. The third-order valence-electron chi connectivity index (χ3n) is 7.47. The molecule has 0 heterocycles. The Morgan fingerprint density at radius 3 is 1.45 bits per heavy atom. The first kappa shape index (κ1) is 40.6. The molecule has 0 saturated heterocycles. The molecule has 1 unspecified atom stereocenters. The summed E-state index contributed by atoms with van der Waals surface area (Å²) >= 11 is 0. The number of guanidine groups is 1. The van der Waals surface area contributed by atoms with Gasteiger partial charge >= 0.3 is 0 Å². The Labute approximate surface area is 253 Å². The van der Waals surface area contributed by atoms with Crippen molar-refractivity contribution in [2.75, 3.05) is 13.1 Å². The first-order valence-electron chi connectivity index (χ1n) is 16.7. The van der Waals surface area contributed by atoms with Crippen LogP contribution in [0.15, 0.2) is 0 Å². The van der Waals surface area contributed by atoms with E-state index < -0.39 is 6.04 Å². The van der Waals surface area contributed by atoms with Crippen molar-refractivity contribution in [1.82, 2.24) is 16.0 Å². The summed E-state index contributed by atoms with van der Waals surface area (Å²) in [7, 11) is 0. The van der Waals surface area contributed by atoms with Crippen LogP contribution in [0.25, 0.3) is 0 Å². The number of carbonyl (C=O) groups is 2. The molecule has 0 spiro atoms. The summed E-state index contributed by atoms with van der Waals surface area (Å²) in [5.74, 6) is -0.212. The molecule has 0 aromatic carbocycles. The number of rotatable bonds is 29. The van der Waals surface area contributed by atoms with E-state index in [0.29, 0.717) is 32.4 Å². The van der Waals surface area contributed by atoms with Crippen LogP contribution < -0.4 is 21.7 Å². The van der Waals surface area contributed by atoms with Gasteiger partial charge in [-0.25, -0.2) is 0 Å². The molecule has 0 aliphatic heterocycles. The van der Waals surface area contributed by atoms with Crippen molar-refractivity contribution in [3.05, 3.63) is 0 Å². The van der Waals surface area contributed by atoms with Crippen LogP contribution >= 0.6 is 12.4 Å². The minimum absolute atomic E-state index is 0. The molecule has 0 rings (SSSR count). The monoisotopic (exact) mass is 587 g/mol. The van der Waals surface area contributed by atoms with Gasteiger partial charge in [0.15, 0.2) is 5.96 Å². The van der Waals surface area contributed by atoms with Crippen molar-refractivity contribution in [2.24, 2.45) is 5.73 Å². The highest BCUT2D eigenvalue weighted by molar-refractivity contribution is 5.87. The second-order valence-electron chi connectivity index (χ2n) is 11.4. The van der Waals surface area contributed by atoms with Crippen LogP contribution in [0, 0.1) is 5.41 Å². The first-order valence-corrected chi connectivity index (χ1v) is 16.7. The van der Waals surface area contributed by atoms with E-state index >= 15 is 0 Å². The standard InChI is InChI=1S/C32H65N5O2.ClH/c1-3-5-7-9-11-12-13-14-15-16-17-18-19-20-22-26-30(38)37-29(25-24-28-36-32(33)34)31(39)35-27-23-21-10-8-6-4-2;/h29H,3-28H2,1-2H3,(H,35,39)(H,37,38)(H4,33,34,36);1H. The molecule has 0 aromatic rings. The lowest BCUT2D eigenvalue weighted by molar-refractivity contribution is -0.129. The van der Waals surface area contributed by atoms with Crippen LogP contribution in [-0.4, -0.2) is 36.9 Å². The number of carbonyl (C=O) groups excluding carboxylic acids is 2. The van der Waals surface area contributed by atoms with Crippen molar-refractivity contribution in [3.63, 3.8) is 0 Å². The molecular formula is C32H66ClN5O2. The van der Waals surface area contributed by atoms with Gasteiger partial charge in [0.2, 0.25) is 11.8 Å². The number of amides is 2. The molecule has 2 amide bonds. The lowest BCUT2D eigenvalue weighted by atomic mass is 10.0. The van der Waals surface area contributed by atoms with Gasteiger partial charge in [-0.1, -0.05) is 136 Å². The molecule has 0 fully saturated rings. The molecule has 6 N–H and O–H groups in total. The summed E-state index contributed by atoms with van der Waals surface area (Å²) in [4.78, 5) is 25.3. The third kappa shape index (κ3) is 29.5. The van der Waals surface area contributed by atoms with E-state index in [9.17, 15) is 9.59 Å². The largest absolute Gasteiger partial charge is 0.370 e. The number of unbranched alkanes of at least 4 members (excludes halogenated alkanes) is 19. The molecule has 40 heavy (non-hydrogen) atoms. The van der Waals surface area contributed by atoms with Gasteiger partial charge in [0.05, 0.1) is 0 Å². The van der Waals surface area contributed by atoms with Gasteiger partial charge in [-0.15, -0.1) is 12.4 Å². The van der Waals surface area contributed by atoms with Crippen molar-refractivity contribution in [1.29, 1.82) is 5.41 Å². The van der Waals surface area contributed by atoms with E-state index in [1.165, 1.54) is 109 Å². The number of nitrogens with one attached hydrogen (secondary N) is 4. The summed E-state index contributed by atoms with van der Waals surface area (Å²) < 4.78 is 0. The fraction of sp³-hybridized carbons (Fsp3) is 0.906. The topological polar surface area (TPSA) is 120 Å². The maximum absolute atomic E-state index is 12.7. The molecule has 238 valence electrons. The van der Waals surface area contributed by atoms with Crippen LogP contribution in [0.3, 0.4) is 0 Å². The van der Waals surface area contributed by atoms with Gasteiger partial charge in [-0.3, -0.25) is 15.0 Å².